The molecule has 1 aliphatic carbocycles. The van der Waals surface area contributed by atoms with Crippen molar-refractivity contribution < 1.29 is 14.3 Å². The zero-order valence-corrected chi connectivity index (χ0v) is 14.4. The van der Waals surface area contributed by atoms with Crippen molar-refractivity contribution in [3.8, 4) is 0 Å². The van der Waals surface area contributed by atoms with Crippen molar-refractivity contribution in [2.24, 2.45) is 5.92 Å². The maximum atomic E-state index is 12.3. The van der Waals surface area contributed by atoms with E-state index in [1.54, 1.807) is 0 Å². The predicted molar refractivity (Wildman–Crippen MR) is 89.4 cm³/mol. The molecule has 5 heteroatoms. The number of aromatic nitrogens is 1. The van der Waals surface area contributed by atoms with Crippen LogP contribution >= 0.6 is 0 Å². The third-order valence-electron chi connectivity index (χ3n) is 5.79. The fourth-order valence-corrected chi connectivity index (χ4v) is 3.92. The molecule has 5 nitrogen and oxygen atoms in total. The number of pyridine rings is 1. The van der Waals surface area contributed by atoms with Crippen LogP contribution in [-0.4, -0.2) is 47.2 Å². The number of hydrogen-bond donors (Lipinski definition) is 0. The molecule has 3 aliphatic rings. The van der Waals surface area contributed by atoms with Gasteiger partial charge < -0.3 is 14.4 Å². The first kappa shape index (κ1) is 16.0. The standard InChI is InChI=1S/C19H26N2O3/c1-14-5-7-20-10-16(14)11-23-17-6-8-24-19(9-17)12-21(13-19)18(22)15-3-2-4-15/h5,7,10,15,17H,2-4,6,8-9,11-13H2,1H3. The number of amides is 1. The van der Waals surface area contributed by atoms with Crippen LogP contribution in [0.2, 0.25) is 0 Å². The molecule has 1 unspecified atom stereocenters. The Labute approximate surface area is 143 Å². The molecule has 1 aromatic heterocycles. The Morgan fingerprint density at radius 1 is 1.42 bits per heavy atom. The van der Waals surface area contributed by atoms with Gasteiger partial charge in [-0.3, -0.25) is 9.78 Å². The molecule has 1 amide bonds. The molecule has 1 saturated carbocycles. The highest BCUT2D eigenvalue weighted by Gasteiger charge is 2.50. The summed E-state index contributed by atoms with van der Waals surface area (Å²) in [6, 6.07) is 2.01. The van der Waals surface area contributed by atoms with E-state index in [2.05, 4.69) is 11.9 Å². The molecule has 3 fully saturated rings. The van der Waals surface area contributed by atoms with Crippen LogP contribution in [0.25, 0.3) is 0 Å². The van der Waals surface area contributed by atoms with Crippen LogP contribution in [0.15, 0.2) is 18.5 Å². The summed E-state index contributed by atoms with van der Waals surface area (Å²) in [6.07, 6.45) is 9.06. The van der Waals surface area contributed by atoms with E-state index in [4.69, 9.17) is 9.47 Å². The zero-order chi connectivity index (χ0) is 16.6. The average Bonchev–Trinajstić information content (AvgIpc) is 2.50. The number of carbonyl (C=O) groups excluding carboxylic acids is 1. The van der Waals surface area contributed by atoms with Gasteiger partial charge in [0.15, 0.2) is 0 Å². The first-order chi connectivity index (χ1) is 11.7. The maximum Gasteiger partial charge on any atom is 0.225 e. The Balaban J connectivity index is 1.29. The van der Waals surface area contributed by atoms with Crippen molar-refractivity contribution in [3.63, 3.8) is 0 Å². The molecule has 1 spiro atoms. The Hall–Kier alpha value is -1.46. The van der Waals surface area contributed by atoms with Gasteiger partial charge in [-0.2, -0.15) is 0 Å². The predicted octanol–water partition coefficient (Wildman–Crippen LogP) is 2.47. The highest BCUT2D eigenvalue weighted by Crippen LogP contribution is 2.38. The fourth-order valence-electron chi connectivity index (χ4n) is 3.92. The van der Waals surface area contributed by atoms with Crippen LogP contribution in [0, 0.1) is 12.8 Å². The van der Waals surface area contributed by atoms with Gasteiger partial charge in [0, 0.05) is 31.3 Å². The molecule has 24 heavy (non-hydrogen) atoms. The zero-order valence-electron chi connectivity index (χ0n) is 14.4. The molecule has 4 rings (SSSR count). The van der Waals surface area contributed by atoms with E-state index in [0.29, 0.717) is 12.5 Å². The summed E-state index contributed by atoms with van der Waals surface area (Å²) < 4.78 is 12.2. The number of aryl methyl sites for hydroxylation is 1. The quantitative estimate of drug-likeness (QED) is 0.851. The van der Waals surface area contributed by atoms with Crippen molar-refractivity contribution in [3.05, 3.63) is 29.6 Å². The van der Waals surface area contributed by atoms with Gasteiger partial charge >= 0.3 is 0 Å². The van der Waals surface area contributed by atoms with Crippen LogP contribution in [0.3, 0.4) is 0 Å². The summed E-state index contributed by atoms with van der Waals surface area (Å²) in [4.78, 5) is 18.5. The van der Waals surface area contributed by atoms with E-state index in [0.717, 1.165) is 50.9 Å². The lowest BCUT2D eigenvalue weighted by atomic mass is 9.80. The molecule has 1 aromatic rings. The van der Waals surface area contributed by atoms with Gasteiger partial charge in [0.05, 0.1) is 25.8 Å². The van der Waals surface area contributed by atoms with Gasteiger partial charge in [-0.15, -0.1) is 0 Å². The van der Waals surface area contributed by atoms with Crippen LogP contribution in [-0.2, 0) is 20.9 Å². The number of carbonyl (C=O) groups is 1. The molecule has 3 heterocycles. The minimum atomic E-state index is -0.160. The molecular weight excluding hydrogens is 304 g/mol. The lowest BCUT2D eigenvalue weighted by molar-refractivity contribution is -0.205. The number of rotatable bonds is 4. The Kier molecular flexibility index (Phi) is 4.31. The first-order valence-corrected chi connectivity index (χ1v) is 9.09. The Bertz CT molecular complexity index is 608. The highest BCUT2D eigenvalue weighted by atomic mass is 16.5. The third kappa shape index (κ3) is 3.07. The van der Waals surface area contributed by atoms with Crippen LogP contribution in [0.5, 0.6) is 0 Å². The first-order valence-electron chi connectivity index (χ1n) is 9.09. The molecule has 2 aliphatic heterocycles. The summed E-state index contributed by atoms with van der Waals surface area (Å²) in [6.45, 7) is 4.90. The minimum Gasteiger partial charge on any atom is -0.373 e. The molecule has 1 atom stereocenters. The molecular formula is C19H26N2O3. The Morgan fingerprint density at radius 3 is 2.96 bits per heavy atom. The van der Waals surface area contributed by atoms with Gasteiger partial charge in [-0.25, -0.2) is 0 Å². The van der Waals surface area contributed by atoms with Crippen molar-refractivity contribution in [1.29, 1.82) is 0 Å². The highest BCUT2D eigenvalue weighted by molar-refractivity contribution is 5.80. The van der Waals surface area contributed by atoms with Crippen molar-refractivity contribution in [2.45, 2.75) is 57.3 Å². The van der Waals surface area contributed by atoms with E-state index in [9.17, 15) is 4.79 Å². The summed E-state index contributed by atoms with van der Waals surface area (Å²) in [7, 11) is 0. The van der Waals surface area contributed by atoms with E-state index < -0.39 is 0 Å². The summed E-state index contributed by atoms with van der Waals surface area (Å²) in [5.41, 5.74) is 2.20. The van der Waals surface area contributed by atoms with Crippen molar-refractivity contribution in [2.75, 3.05) is 19.7 Å². The monoisotopic (exact) mass is 330 g/mol. The van der Waals surface area contributed by atoms with Gasteiger partial charge in [-0.1, -0.05) is 6.42 Å². The van der Waals surface area contributed by atoms with E-state index in [-0.39, 0.29) is 17.6 Å². The van der Waals surface area contributed by atoms with Crippen LogP contribution < -0.4 is 0 Å². The molecule has 130 valence electrons. The summed E-state index contributed by atoms with van der Waals surface area (Å²) >= 11 is 0. The molecule has 0 aromatic carbocycles. The van der Waals surface area contributed by atoms with Gasteiger partial charge in [0.25, 0.3) is 0 Å². The lowest BCUT2D eigenvalue weighted by Gasteiger charge is -2.54. The second-order valence-corrected chi connectivity index (χ2v) is 7.58. The molecule has 2 saturated heterocycles. The number of ether oxygens (including phenoxy) is 2. The van der Waals surface area contributed by atoms with Gasteiger partial charge in [0.1, 0.15) is 5.60 Å². The Morgan fingerprint density at radius 2 is 2.25 bits per heavy atom. The third-order valence-corrected chi connectivity index (χ3v) is 5.79. The van der Waals surface area contributed by atoms with Crippen LogP contribution in [0.1, 0.15) is 43.2 Å². The van der Waals surface area contributed by atoms with Crippen LogP contribution in [0.4, 0.5) is 0 Å². The number of hydrogen-bond acceptors (Lipinski definition) is 4. The lowest BCUT2D eigenvalue weighted by Crippen LogP contribution is -2.68. The minimum absolute atomic E-state index is 0.160. The fraction of sp³-hybridized carbons (Fsp3) is 0.684. The molecule has 0 bridgehead atoms. The topological polar surface area (TPSA) is 51.7 Å². The second-order valence-electron chi connectivity index (χ2n) is 7.58. The van der Waals surface area contributed by atoms with Gasteiger partial charge in [0.2, 0.25) is 5.91 Å². The molecule has 0 radical (unpaired) electrons. The SMILES string of the molecule is Cc1ccncc1COC1CCOC2(C1)CN(C(=O)C1CCC1)C2. The van der Waals surface area contributed by atoms with Gasteiger partial charge in [-0.05, 0) is 43.4 Å². The molecule has 0 N–H and O–H groups in total. The van der Waals surface area contributed by atoms with Crippen molar-refractivity contribution >= 4 is 5.91 Å². The van der Waals surface area contributed by atoms with Crippen molar-refractivity contribution in [1.82, 2.24) is 9.88 Å². The second kappa shape index (κ2) is 6.45. The normalized spacial score (nSPS) is 26.0. The maximum absolute atomic E-state index is 12.3. The van der Waals surface area contributed by atoms with E-state index in [1.807, 2.05) is 23.4 Å². The number of nitrogens with zero attached hydrogens (tertiary/aromatic N) is 2. The van der Waals surface area contributed by atoms with E-state index >= 15 is 0 Å². The van der Waals surface area contributed by atoms with E-state index in [1.165, 1.54) is 12.0 Å². The summed E-state index contributed by atoms with van der Waals surface area (Å²) in [5.74, 6) is 0.621. The largest absolute Gasteiger partial charge is 0.373 e. The average molecular weight is 330 g/mol. The smallest absolute Gasteiger partial charge is 0.225 e. The summed E-state index contributed by atoms with van der Waals surface area (Å²) in [5, 5.41) is 0. The number of likely N-dealkylation sites (tertiary alicyclic amines) is 1.